The zero-order chi connectivity index (χ0) is 14.6. The molecule has 0 N–H and O–H groups in total. The van der Waals surface area contributed by atoms with Crippen LogP contribution in [-0.4, -0.2) is 52.4 Å². The molecular formula is C12H20N2O4S. The largest absolute Gasteiger partial charge is 0.497 e. The van der Waals surface area contributed by atoms with E-state index in [1.807, 2.05) is 0 Å². The third kappa shape index (κ3) is 3.59. The van der Waals surface area contributed by atoms with Gasteiger partial charge < -0.3 is 9.47 Å². The number of hydrogen-bond acceptors (Lipinski definition) is 4. The minimum absolute atomic E-state index is 0.209. The van der Waals surface area contributed by atoms with Crippen LogP contribution in [0, 0.1) is 0 Å². The van der Waals surface area contributed by atoms with E-state index in [2.05, 4.69) is 0 Å². The lowest BCUT2D eigenvalue weighted by molar-refractivity contribution is 0.381. The van der Waals surface area contributed by atoms with Gasteiger partial charge in [0.2, 0.25) is 0 Å². The van der Waals surface area contributed by atoms with Crippen LogP contribution in [0.15, 0.2) is 18.2 Å². The van der Waals surface area contributed by atoms with Gasteiger partial charge in [-0.2, -0.15) is 17.0 Å². The number of ether oxygens (including phenoxy) is 2. The molecule has 0 saturated heterocycles. The Morgan fingerprint density at radius 3 is 2.21 bits per heavy atom. The molecule has 0 atom stereocenters. The maximum atomic E-state index is 12.0. The average molecular weight is 288 g/mol. The monoisotopic (exact) mass is 288 g/mol. The van der Waals surface area contributed by atoms with Crippen LogP contribution in [0.25, 0.3) is 0 Å². The van der Waals surface area contributed by atoms with Gasteiger partial charge in [0.15, 0.2) is 0 Å². The molecule has 0 aliphatic carbocycles. The second-order valence-electron chi connectivity index (χ2n) is 4.22. The van der Waals surface area contributed by atoms with Crippen LogP contribution in [-0.2, 0) is 16.8 Å². The first-order valence-electron chi connectivity index (χ1n) is 5.67. The predicted molar refractivity (Wildman–Crippen MR) is 73.6 cm³/mol. The lowest BCUT2D eigenvalue weighted by Crippen LogP contribution is -2.36. The fraction of sp³-hybridized carbons (Fsp3) is 0.500. The van der Waals surface area contributed by atoms with E-state index in [0.717, 1.165) is 5.56 Å². The number of methoxy groups -OCH3 is 2. The molecule has 6 nitrogen and oxygen atoms in total. The quantitative estimate of drug-likeness (QED) is 0.782. The fourth-order valence-corrected chi connectivity index (χ4v) is 2.47. The van der Waals surface area contributed by atoms with Crippen molar-refractivity contribution in [1.29, 1.82) is 0 Å². The third-order valence-corrected chi connectivity index (χ3v) is 4.58. The Bertz CT molecular complexity index is 529. The van der Waals surface area contributed by atoms with E-state index in [4.69, 9.17) is 9.47 Å². The van der Waals surface area contributed by atoms with Gasteiger partial charge in [-0.15, -0.1) is 0 Å². The van der Waals surface area contributed by atoms with Gasteiger partial charge in [0.25, 0.3) is 10.2 Å². The minimum atomic E-state index is -3.45. The van der Waals surface area contributed by atoms with Crippen molar-refractivity contribution >= 4 is 10.2 Å². The highest BCUT2D eigenvalue weighted by atomic mass is 32.2. The van der Waals surface area contributed by atoms with E-state index < -0.39 is 10.2 Å². The molecule has 0 amide bonds. The topological polar surface area (TPSA) is 59.1 Å². The lowest BCUT2D eigenvalue weighted by Gasteiger charge is -2.22. The van der Waals surface area contributed by atoms with E-state index in [-0.39, 0.29) is 6.54 Å². The molecule has 7 heteroatoms. The molecule has 0 aromatic heterocycles. The first-order valence-corrected chi connectivity index (χ1v) is 7.07. The van der Waals surface area contributed by atoms with Gasteiger partial charge in [-0.25, -0.2) is 0 Å². The summed E-state index contributed by atoms with van der Waals surface area (Å²) >= 11 is 0. The first kappa shape index (κ1) is 15.7. The summed E-state index contributed by atoms with van der Waals surface area (Å²) in [5, 5.41) is 0. The van der Waals surface area contributed by atoms with Crippen LogP contribution in [0.5, 0.6) is 11.5 Å². The second kappa shape index (κ2) is 6.23. The molecular weight excluding hydrogens is 268 g/mol. The Morgan fingerprint density at radius 2 is 1.74 bits per heavy atom. The van der Waals surface area contributed by atoms with Gasteiger partial charge in [-0.3, -0.25) is 0 Å². The highest BCUT2D eigenvalue weighted by molar-refractivity contribution is 7.86. The van der Waals surface area contributed by atoms with Crippen molar-refractivity contribution in [2.75, 3.05) is 35.4 Å². The maximum Gasteiger partial charge on any atom is 0.281 e. The van der Waals surface area contributed by atoms with Crippen molar-refractivity contribution in [3.05, 3.63) is 23.8 Å². The summed E-state index contributed by atoms with van der Waals surface area (Å²) in [5.41, 5.74) is 0.745. The molecule has 0 aliphatic rings. The summed E-state index contributed by atoms with van der Waals surface area (Å²) in [6.45, 7) is 0.209. The van der Waals surface area contributed by atoms with E-state index in [9.17, 15) is 8.42 Å². The van der Waals surface area contributed by atoms with Gasteiger partial charge in [-0.1, -0.05) is 0 Å². The highest BCUT2D eigenvalue weighted by Crippen LogP contribution is 2.25. The first-order chi connectivity index (χ1) is 8.82. The Hall–Kier alpha value is -1.31. The zero-order valence-corrected chi connectivity index (χ0v) is 12.7. The molecule has 0 saturated carbocycles. The summed E-state index contributed by atoms with van der Waals surface area (Å²) in [4.78, 5) is 0. The Morgan fingerprint density at radius 1 is 1.11 bits per heavy atom. The summed E-state index contributed by atoms with van der Waals surface area (Å²) < 4.78 is 36.7. The smallest absolute Gasteiger partial charge is 0.281 e. The van der Waals surface area contributed by atoms with Crippen molar-refractivity contribution in [2.24, 2.45) is 0 Å². The summed E-state index contributed by atoms with van der Waals surface area (Å²) in [5.74, 6) is 1.29. The van der Waals surface area contributed by atoms with E-state index in [1.165, 1.54) is 29.8 Å². The standard InChI is InChI=1S/C12H20N2O4S/c1-13(2)19(15,16)14(3)9-10-8-11(17-4)6-7-12(10)18-5/h6-8H,9H2,1-5H3. The Balaban J connectivity index is 3.04. The van der Waals surface area contributed by atoms with Crippen molar-refractivity contribution < 1.29 is 17.9 Å². The lowest BCUT2D eigenvalue weighted by atomic mass is 10.2. The molecule has 0 fully saturated rings. The molecule has 19 heavy (non-hydrogen) atoms. The number of hydrogen-bond donors (Lipinski definition) is 0. The van der Waals surface area contributed by atoms with Gasteiger partial charge in [0.1, 0.15) is 11.5 Å². The minimum Gasteiger partial charge on any atom is -0.497 e. The third-order valence-electron chi connectivity index (χ3n) is 2.74. The SMILES string of the molecule is COc1ccc(OC)c(CN(C)S(=O)(=O)N(C)C)c1. The van der Waals surface area contributed by atoms with Gasteiger partial charge >= 0.3 is 0 Å². The molecule has 1 aromatic rings. The normalized spacial score (nSPS) is 11.9. The van der Waals surface area contributed by atoms with Crippen LogP contribution in [0.3, 0.4) is 0 Å². The highest BCUT2D eigenvalue weighted by Gasteiger charge is 2.21. The molecule has 0 bridgehead atoms. The number of nitrogens with zero attached hydrogens (tertiary/aromatic N) is 2. The molecule has 1 aromatic carbocycles. The number of rotatable bonds is 6. The van der Waals surface area contributed by atoms with Gasteiger partial charge in [0.05, 0.1) is 14.2 Å². The van der Waals surface area contributed by atoms with E-state index in [0.29, 0.717) is 11.5 Å². The van der Waals surface area contributed by atoms with Gasteiger partial charge in [-0.05, 0) is 18.2 Å². The molecule has 0 radical (unpaired) electrons. The molecule has 0 heterocycles. The van der Waals surface area contributed by atoms with E-state index in [1.54, 1.807) is 32.4 Å². The second-order valence-corrected chi connectivity index (χ2v) is 6.47. The summed E-state index contributed by atoms with van der Waals surface area (Å²) in [6.07, 6.45) is 0. The molecule has 0 aliphatic heterocycles. The molecule has 1 rings (SSSR count). The molecule has 0 spiro atoms. The average Bonchev–Trinajstić information content (AvgIpc) is 2.38. The number of benzene rings is 1. The van der Waals surface area contributed by atoms with Crippen molar-refractivity contribution in [2.45, 2.75) is 6.54 Å². The van der Waals surface area contributed by atoms with Crippen LogP contribution >= 0.6 is 0 Å². The van der Waals surface area contributed by atoms with Gasteiger partial charge in [0, 0.05) is 33.3 Å². The van der Waals surface area contributed by atoms with Crippen molar-refractivity contribution in [3.63, 3.8) is 0 Å². The van der Waals surface area contributed by atoms with Crippen molar-refractivity contribution in [1.82, 2.24) is 8.61 Å². The van der Waals surface area contributed by atoms with Crippen LogP contribution < -0.4 is 9.47 Å². The van der Waals surface area contributed by atoms with Crippen LogP contribution in [0.1, 0.15) is 5.56 Å². The maximum absolute atomic E-state index is 12.0. The Kier molecular flexibility index (Phi) is 5.16. The predicted octanol–water partition coefficient (Wildman–Crippen LogP) is 0.942. The zero-order valence-electron chi connectivity index (χ0n) is 11.9. The molecule has 108 valence electrons. The summed E-state index contributed by atoms with van der Waals surface area (Å²) in [7, 11) is 4.17. The van der Waals surface area contributed by atoms with Crippen LogP contribution in [0.2, 0.25) is 0 Å². The van der Waals surface area contributed by atoms with E-state index >= 15 is 0 Å². The van der Waals surface area contributed by atoms with Crippen molar-refractivity contribution in [3.8, 4) is 11.5 Å². The van der Waals surface area contributed by atoms with Crippen LogP contribution in [0.4, 0.5) is 0 Å². The molecule has 0 unspecified atom stereocenters. The Labute approximate surface area is 114 Å². The fourth-order valence-electron chi connectivity index (χ4n) is 1.61. The summed E-state index contributed by atoms with van der Waals surface area (Å²) in [6, 6.07) is 5.29.